The first-order valence-corrected chi connectivity index (χ1v) is 8.80. The minimum atomic E-state index is -0.590. The summed E-state index contributed by atoms with van der Waals surface area (Å²) in [5.74, 6) is 0.781. The fourth-order valence-electron chi connectivity index (χ4n) is 3.03. The number of rotatable bonds is 7. The molecule has 1 amide bonds. The summed E-state index contributed by atoms with van der Waals surface area (Å²) in [5.41, 5.74) is 2.82. The predicted octanol–water partition coefficient (Wildman–Crippen LogP) is 1.89. The molecule has 0 aliphatic heterocycles. The number of tetrazole rings is 1. The van der Waals surface area contributed by atoms with E-state index in [1.165, 1.54) is 11.0 Å². The van der Waals surface area contributed by atoms with Gasteiger partial charge in [-0.2, -0.15) is 0 Å². The molecule has 0 radical (unpaired) electrons. The summed E-state index contributed by atoms with van der Waals surface area (Å²) in [6, 6.07) is 16.8. The van der Waals surface area contributed by atoms with Gasteiger partial charge >= 0.3 is 0 Å². The second kappa shape index (κ2) is 7.77. The number of aromatic nitrogens is 6. The Hall–Kier alpha value is -3.55. The van der Waals surface area contributed by atoms with E-state index in [1.54, 1.807) is 0 Å². The maximum Gasteiger partial charge on any atom is 0.249 e. The van der Waals surface area contributed by atoms with Gasteiger partial charge in [0.05, 0.1) is 11.0 Å². The first-order chi connectivity index (χ1) is 13.3. The highest BCUT2D eigenvalue weighted by atomic mass is 16.2. The average molecular weight is 361 g/mol. The molecule has 8 nitrogen and oxygen atoms in total. The Balaban J connectivity index is 1.37. The second-order valence-electron chi connectivity index (χ2n) is 6.20. The molecule has 136 valence electrons. The van der Waals surface area contributed by atoms with E-state index < -0.39 is 6.04 Å². The molecule has 0 unspecified atom stereocenters. The Morgan fingerprint density at radius 3 is 2.70 bits per heavy atom. The van der Waals surface area contributed by atoms with Crippen molar-refractivity contribution in [1.29, 1.82) is 0 Å². The smallest absolute Gasteiger partial charge is 0.249 e. The zero-order valence-corrected chi connectivity index (χ0v) is 14.6. The summed E-state index contributed by atoms with van der Waals surface area (Å²) in [7, 11) is 0. The lowest BCUT2D eigenvalue weighted by atomic mass is 10.1. The van der Waals surface area contributed by atoms with E-state index in [9.17, 15) is 4.79 Å². The molecule has 2 heterocycles. The number of aryl methyl sites for hydroxylation is 1. The van der Waals surface area contributed by atoms with Crippen LogP contribution in [0.25, 0.3) is 11.0 Å². The number of H-pyrrole nitrogens is 1. The molecule has 27 heavy (non-hydrogen) atoms. The van der Waals surface area contributed by atoms with Crippen molar-refractivity contribution in [2.75, 3.05) is 6.54 Å². The molecule has 0 saturated heterocycles. The van der Waals surface area contributed by atoms with Gasteiger partial charge in [-0.05, 0) is 34.5 Å². The van der Waals surface area contributed by atoms with Gasteiger partial charge in [0.25, 0.3) is 0 Å². The number of benzene rings is 2. The molecule has 0 saturated carbocycles. The Labute approximate surface area is 155 Å². The molecule has 2 aromatic carbocycles. The van der Waals surface area contributed by atoms with Gasteiger partial charge in [0, 0.05) is 13.0 Å². The van der Waals surface area contributed by atoms with E-state index in [4.69, 9.17) is 0 Å². The molecular weight excluding hydrogens is 342 g/mol. The first-order valence-electron chi connectivity index (χ1n) is 8.80. The summed E-state index contributed by atoms with van der Waals surface area (Å²) < 4.78 is 1.46. The standard InChI is InChI=1S/C19H19N7O/c27-19(18(26-13-21-24-25-26)14-7-2-1-3-8-14)20-12-6-11-17-22-15-9-4-5-10-16(15)23-17/h1-5,7-10,13,18H,6,11-12H2,(H,20,27)(H,22,23)/t18-/m1/s1. The topological polar surface area (TPSA) is 101 Å². The van der Waals surface area contributed by atoms with Crippen molar-refractivity contribution in [3.8, 4) is 0 Å². The van der Waals surface area contributed by atoms with Crippen LogP contribution in [-0.4, -0.2) is 42.6 Å². The zero-order valence-electron chi connectivity index (χ0n) is 14.6. The second-order valence-corrected chi connectivity index (χ2v) is 6.20. The van der Waals surface area contributed by atoms with Gasteiger partial charge in [-0.25, -0.2) is 9.67 Å². The molecular formula is C19H19N7O. The largest absolute Gasteiger partial charge is 0.354 e. The van der Waals surface area contributed by atoms with Crippen LogP contribution in [0.3, 0.4) is 0 Å². The van der Waals surface area contributed by atoms with Crippen LogP contribution in [0.4, 0.5) is 0 Å². The number of carbonyl (C=O) groups is 1. The van der Waals surface area contributed by atoms with E-state index in [-0.39, 0.29) is 5.91 Å². The van der Waals surface area contributed by atoms with E-state index in [0.717, 1.165) is 35.3 Å². The Morgan fingerprint density at radius 1 is 1.11 bits per heavy atom. The minimum absolute atomic E-state index is 0.141. The molecule has 0 spiro atoms. The lowest BCUT2D eigenvalue weighted by Gasteiger charge is -2.16. The Morgan fingerprint density at radius 2 is 1.93 bits per heavy atom. The van der Waals surface area contributed by atoms with Gasteiger partial charge in [0.2, 0.25) is 5.91 Å². The average Bonchev–Trinajstić information content (AvgIpc) is 3.36. The third kappa shape index (κ3) is 3.84. The predicted molar refractivity (Wildman–Crippen MR) is 99.8 cm³/mol. The van der Waals surface area contributed by atoms with Crippen LogP contribution in [0.5, 0.6) is 0 Å². The molecule has 1 atom stereocenters. The van der Waals surface area contributed by atoms with Gasteiger partial charge in [0.15, 0.2) is 6.04 Å². The SMILES string of the molecule is O=C(NCCCc1nc2ccccc2[nH]1)[C@@H](c1ccccc1)n1cnnn1. The van der Waals surface area contributed by atoms with Gasteiger partial charge in [-0.3, -0.25) is 4.79 Å². The monoisotopic (exact) mass is 361 g/mol. The van der Waals surface area contributed by atoms with E-state index in [1.807, 2.05) is 54.6 Å². The molecule has 4 aromatic rings. The Bertz CT molecular complexity index is 978. The van der Waals surface area contributed by atoms with Crippen LogP contribution in [0.15, 0.2) is 60.9 Å². The number of amides is 1. The summed E-state index contributed by atoms with van der Waals surface area (Å²) in [5, 5.41) is 14.2. The number of nitrogens with one attached hydrogen (secondary N) is 2. The highest BCUT2D eigenvalue weighted by molar-refractivity contribution is 5.83. The van der Waals surface area contributed by atoms with Crippen molar-refractivity contribution in [3.63, 3.8) is 0 Å². The number of carbonyl (C=O) groups excluding carboxylic acids is 1. The number of imidazole rings is 1. The van der Waals surface area contributed by atoms with Crippen LogP contribution >= 0.6 is 0 Å². The van der Waals surface area contributed by atoms with Crippen molar-refractivity contribution < 1.29 is 4.79 Å². The third-order valence-corrected chi connectivity index (χ3v) is 4.32. The molecule has 0 bridgehead atoms. The maximum absolute atomic E-state index is 12.7. The molecule has 0 aliphatic rings. The number of hydrogen-bond donors (Lipinski definition) is 2. The number of nitrogens with zero attached hydrogens (tertiary/aromatic N) is 5. The molecule has 2 aromatic heterocycles. The minimum Gasteiger partial charge on any atom is -0.354 e. The van der Waals surface area contributed by atoms with Gasteiger partial charge < -0.3 is 10.3 Å². The first kappa shape index (κ1) is 16.9. The lowest BCUT2D eigenvalue weighted by molar-refractivity contribution is -0.123. The van der Waals surface area contributed by atoms with Crippen molar-refractivity contribution in [1.82, 2.24) is 35.5 Å². The lowest BCUT2D eigenvalue weighted by Crippen LogP contribution is -2.34. The number of para-hydroxylation sites is 2. The molecule has 8 heteroatoms. The number of aromatic amines is 1. The summed E-state index contributed by atoms with van der Waals surface area (Å²) in [6.07, 6.45) is 2.99. The van der Waals surface area contributed by atoms with Crippen LogP contribution < -0.4 is 5.32 Å². The van der Waals surface area contributed by atoms with Crippen LogP contribution in [0.2, 0.25) is 0 Å². The summed E-state index contributed by atoms with van der Waals surface area (Å²) >= 11 is 0. The van der Waals surface area contributed by atoms with Crippen molar-refractivity contribution in [2.45, 2.75) is 18.9 Å². The highest BCUT2D eigenvalue weighted by Crippen LogP contribution is 2.17. The molecule has 0 aliphatic carbocycles. The van der Waals surface area contributed by atoms with Crippen molar-refractivity contribution >= 4 is 16.9 Å². The normalized spacial score (nSPS) is 12.1. The van der Waals surface area contributed by atoms with Gasteiger partial charge in [-0.1, -0.05) is 42.5 Å². The summed E-state index contributed by atoms with van der Waals surface area (Å²) in [6.45, 7) is 0.543. The van der Waals surface area contributed by atoms with Gasteiger partial charge in [0.1, 0.15) is 12.2 Å². The highest BCUT2D eigenvalue weighted by Gasteiger charge is 2.23. The van der Waals surface area contributed by atoms with Crippen molar-refractivity contribution in [2.24, 2.45) is 0 Å². The fourth-order valence-corrected chi connectivity index (χ4v) is 3.03. The number of fused-ring (bicyclic) bond motifs is 1. The Kier molecular flexibility index (Phi) is 4.86. The van der Waals surface area contributed by atoms with E-state index >= 15 is 0 Å². The maximum atomic E-state index is 12.7. The van der Waals surface area contributed by atoms with Gasteiger partial charge in [-0.15, -0.1) is 5.10 Å². The van der Waals surface area contributed by atoms with Crippen LogP contribution in [0, 0.1) is 0 Å². The van der Waals surface area contributed by atoms with E-state index in [2.05, 4.69) is 30.8 Å². The fraction of sp³-hybridized carbons (Fsp3) is 0.211. The third-order valence-electron chi connectivity index (χ3n) is 4.32. The molecule has 4 rings (SSSR count). The molecule has 2 N–H and O–H groups in total. The van der Waals surface area contributed by atoms with E-state index in [0.29, 0.717) is 6.54 Å². The zero-order chi connectivity index (χ0) is 18.5. The summed E-state index contributed by atoms with van der Waals surface area (Å²) in [4.78, 5) is 20.6. The van der Waals surface area contributed by atoms with Crippen molar-refractivity contribution in [3.05, 3.63) is 72.3 Å². The quantitative estimate of drug-likeness (QED) is 0.490. The van der Waals surface area contributed by atoms with Crippen LogP contribution in [-0.2, 0) is 11.2 Å². The number of hydrogen-bond acceptors (Lipinski definition) is 5. The molecule has 0 fully saturated rings. The van der Waals surface area contributed by atoms with Crippen LogP contribution in [0.1, 0.15) is 23.9 Å².